The van der Waals surface area contributed by atoms with E-state index in [1.54, 1.807) is 13.3 Å². The van der Waals surface area contributed by atoms with Gasteiger partial charge in [0.1, 0.15) is 5.82 Å². The number of rotatable bonds is 5. The highest BCUT2D eigenvalue weighted by molar-refractivity contribution is 5.40. The van der Waals surface area contributed by atoms with Crippen LogP contribution in [0.4, 0.5) is 11.8 Å². The fourth-order valence-corrected chi connectivity index (χ4v) is 1.19. The molecule has 1 aromatic rings. The maximum absolute atomic E-state index is 5.04. The lowest BCUT2D eigenvalue weighted by atomic mass is 10.3. The van der Waals surface area contributed by atoms with Gasteiger partial charge in [0.15, 0.2) is 0 Å². The number of aromatic nitrogens is 2. The Morgan fingerprint density at radius 1 is 1.53 bits per heavy atom. The molecule has 0 aliphatic heterocycles. The summed E-state index contributed by atoms with van der Waals surface area (Å²) in [6.45, 7) is 2.70. The molecular weight excluding hydrogens is 192 g/mol. The van der Waals surface area contributed by atoms with E-state index in [9.17, 15) is 0 Å². The van der Waals surface area contributed by atoms with Crippen LogP contribution in [0.15, 0.2) is 12.3 Å². The van der Waals surface area contributed by atoms with E-state index in [0.717, 1.165) is 5.82 Å². The van der Waals surface area contributed by atoms with Gasteiger partial charge in [-0.2, -0.15) is 4.98 Å². The molecule has 0 aliphatic rings. The third kappa shape index (κ3) is 3.71. The van der Waals surface area contributed by atoms with E-state index in [0.29, 0.717) is 12.6 Å². The number of methoxy groups -OCH3 is 1. The van der Waals surface area contributed by atoms with Gasteiger partial charge in [-0.25, -0.2) is 4.98 Å². The zero-order chi connectivity index (χ0) is 11.3. The Bertz CT molecular complexity index is 303. The number of hydrogen-bond donors (Lipinski definition) is 1. The van der Waals surface area contributed by atoms with Gasteiger partial charge in [0, 0.05) is 33.4 Å². The van der Waals surface area contributed by atoms with Gasteiger partial charge >= 0.3 is 0 Å². The molecule has 1 atom stereocenters. The van der Waals surface area contributed by atoms with Crippen LogP contribution >= 0.6 is 0 Å². The average Bonchev–Trinajstić information content (AvgIpc) is 2.18. The molecule has 0 saturated carbocycles. The van der Waals surface area contributed by atoms with Gasteiger partial charge in [-0.15, -0.1) is 0 Å². The maximum atomic E-state index is 5.04. The van der Waals surface area contributed by atoms with Crippen molar-refractivity contribution in [3.05, 3.63) is 12.3 Å². The fourth-order valence-electron chi connectivity index (χ4n) is 1.19. The van der Waals surface area contributed by atoms with Gasteiger partial charge in [0.2, 0.25) is 5.95 Å². The molecule has 1 rings (SSSR count). The molecule has 1 N–H and O–H groups in total. The van der Waals surface area contributed by atoms with Gasteiger partial charge in [-0.3, -0.25) is 0 Å². The molecule has 0 saturated heterocycles. The van der Waals surface area contributed by atoms with Crippen LogP contribution in [0.5, 0.6) is 0 Å². The molecule has 1 heterocycles. The summed E-state index contributed by atoms with van der Waals surface area (Å²) in [5.41, 5.74) is 0. The van der Waals surface area contributed by atoms with E-state index < -0.39 is 0 Å². The summed E-state index contributed by atoms with van der Waals surface area (Å²) in [5.74, 6) is 1.52. The van der Waals surface area contributed by atoms with Crippen molar-refractivity contribution >= 4 is 11.8 Å². The predicted octanol–water partition coefficient (Wildman–Crippen LogP) is 0.989. The van der Waals surface area contributed by atoms with Crippen LogP contribution < -0.4 is 10.2 Å². The summed E-state index contributed by atoms with van der Waals surface area (Å²) in [4.78, 5) is 10.3. The SMILES string of the molecule is COCC(C)Nc1ccnc(N(C)C)n1. The van der Waals surface area contributed by atoms with Crippen LogP contribution in [0.3, 0.4) is 0 Å². The summed E-state index contributed by atoms with van der Waals surface area (Å²) in [6.07, 6.45) is 1.74. The van der Waals surface area contributed by atoms with E-state index in [-0.39, 0.29) is 6.04 Å². The monoisotopic (exact) mass is 210 g/mol. The quantitative estimate of drug-likeness (QED) is 0.785. The second-order valence-electron chi connectivity index (χ2n) is 3.64. The van der Waals surface area contributed by atoms with Crippen LogP contribution in [0, 0.1) is 0 Å². The zero-order valence-corrected chi connectivity index (χ0v) is 9.69. The highest BCUT2D eigenvalue weighted by Crippen LogP contribution is 2.08. The van der Waals surface area contributed by atoms with Gasteiger partial charge in [-0.1, -0.05) is 0 Å². The second-order valence-corrected chi connectivity index (χ2v) is 3.64. The van der Waals surface area contributed by atoms with Crippen molar-refractivity contribution in [1.82, 2.24) is 9.97 Å². The Labute approximate surface area is 90.5 Å². The minimum absolute atomic E-state index is 0.236. The Kier molecular flexibility index (Phi) is 4.30. The largest absolute Gasteiger partial charge is 0.383 e. The first kappa shape index (κ1) is 11.7. The van der Waals surface area contributed by atoms with Crippen LogP contribution in [0.25, 0.3) is 0 Å². The van der Waals surface area contributed by atoms with E-state index in [4.69, 9.17) is 4.74 Å². The third-order valence-corrected chi connectivity index (χ3v) is 1.85. The molecule has 0 aromatic carbocycles. The molecule has 15 heavy (non-hydrogen) atoms. The first-order valence-corrected chi connectivity index (χ1v) is 4.89. The van der Waals surface area contributed by atoms with Crippen molar-refractivity contribution < 1.29 is 4.74 Å². The molecule has 0 spiro atoms. The van der Waals surface area contributed by atoms with E-state index >= 15 is 0 Å². The molecule has 84 valence electrons. The van der Waals surface area contributed by atoms with Gasteiger partial charge < -0.3 is 15.0 Å². The van der Waals surface area contributed by atoms with Gasteiger partial charge in [0.05, 0.1) is 6.61 Å². The van der Waals surface area contributed by atoms with Crippen molar-refractivity contribution in [2.75, 3.05) is 38.0 Å². The average molecular weight is 210 g/mol. The Hall–Kier alpha value is -1.36. The summed E-state index contributed by atoms with van der Waals surface area (Å²) in [6, 6.07) is 2.08. The first-order chi connectivity index (χ1) is 7.13. The third-order valence-electron chi connectivity index (χ3n) is 1.85. The molecule has 0 bridgehead atoms. The molecule has 1 aromatic heterocycles. The van der Waals surface area contributed by atoms with Crippen LogP contribution in [0.1, 0.15) is 6.92 Å². The highest BCUT2D eigenvalue weighted by atomic mass is 16.5. The fraction of sp³-hybridized carbons (Fsp3) is 0.600. The lowest BCUT2D eigenvalue weighted by molar-refractivity contribution is 0.190. The minimum Gasteiger partial charge on any atom is -0.383 e. The molecular formula is C10H18N4O. The lowest BCUT2D eigenvalue weighted by Gasteiger charge is -2.15. The van der Waals surface area contributed by atoms with Crippen molar-refractivity contribution in [3.8, 4) is 0 Å². The lowest BCUT2D eigenvalue weighted by Crippen LogP contribution is -2.22. The molecule has 5 nitrogen and oxygen atoms in total. The van der Waals surface area contributed by atoms with Crippen molar-refractivity contribution in [1.29, 1.82) is 0 Å². The van der Waals surface area contributed by atoms with Crippen molar-refractivity contribution in [3.63, 3.8) is 0 Å². The summed E-state index contributed by atoms with van der Waals surface area (Å²) in [5, 5.41) is 3.24. The van der Waals surface area contributed by atoms with Crippen LogP contribution in [0.2, 0.25) is 0 Å². The smallest absolute Gasteiger partial charge is 0.226 e. The normalized spacial score (nSPS) is 12.3. The Balaban J connectivity index is 2.65. The van der Waals surface area contributed by atoms with Crippen molar-refractivity contribution in [2.45, 2.75) is 13.0 Å². The zero-order valence-electron chi connectivity index (χ0n) is 9.69. The molecule has 5 heteroatoms. The first-order valence-electron chi connectivity index (χ1n) is 4.89. The molecule has 0 aliphatic carbocycles. The second kappa shape index (κ2) is 5.50. The standard InChI is InChI=1S/C10H18N4O/c1-8(7-15-4)12-9-5-6-11-10(13-9)14(2)3/h5-6,8H,7H2,1-4H3,(H,11,12,13). The summed E-state index contributed by atoms with van der Waals surface area (Å²) >= 11 is 0. The molecule has 1 unspecified atom stereocenters. The highest BCUT2D eigenvalue weighted by Gasteiger charge is 2.04. The van der Waals surface area contributed by atoms with Gasteiger partial charge in [0.25, 0.3) is 0 Å². The van der Waals surface area contributed by atoms with E-state index in [1.807, 2.05) is 32.0 Å². The van der Waals surface area contributed by atoms with Crippen LogP contribution in [-0.2, 0) is 4.74 Å². The number of ether oxygens (including phenoxy) is 1. The van der Waals surface area contributed by atoms with E-state index in [1.165, 1.54) is 0 Å². The topological polar surface area (TPSA) is 50.3 Å². The number of nitrogens with zero attached hydrogens (tertiary/aromatic N) is 3. The number of hydrogen-bond acceptors (Lipinski definition) is 5. The molecule has 0 radical (unpaired) electrons. The Morgan fingerprint density at radius 2 is 2.27 bits per heavy atom. The maximum Gasteiger partial charge on any atom is 0.226 e. The summed E-state index contributed by atoms with van der Waals surface area (Å²) < 4.78 is 5.04. The van der Waals surface area contributed by atoms with Crippen LogP contribution in [-0.4, -0.2) is 43.8 Å². The number of nitrogens with one attached hydrogen (secondary N) is 1. The minimum atomic E-state index is 0.236. The molecule has 0 amide bonds. The summed E-state index contributed by atoms with van der Waals surface area (Å²) in [7, 11) is 5.51. The predicted molar refractivity (Wildman–Crippen MR) is 61.3 cm³/mol. The Morgan fingerprint density at radius 3 is 2.87 bits per heavy atom. The number of anilines is 2. The van der Waals surface area contributed by atoms with Crippen molar-refractivity contribution in [2.24, 2.45) is 0 Å². The van der Waals surface area contributed by atoms with E-state index in [2.05, 4.69) is 15.3 Å². The molecule has 0 fully saturated rings. The van der Waals surface area contributed by atoms with Gasteiger partial charge in [-0.05, 0) is 13.0 Å².